The zero-order valence-corrected chi connectivity index (χ0v) is 10.9. The molecule has 0 saturated carbocycles. The Morgan fingerprint density at radius 3 is 2.72 bits per heavy atom. The Balaban J connectivity index is 2.86. The van der Waals surface area contributed by atoms with Gasteiger partial charge in [0.15, 0.2) is 0 Å². The lowest BCUT2D eigenvalue weighted by molar-refractivity contribution is 0.279. The largest absolute Gasteiger partial charge is 0.399 e. The first-order valence-corrected chi connectivity index (χ1v) is 7.03. The van der Waals surface area contributed by atoms with Crippen LogP contribution in [0.25, 0.3) is 0 Å². The van der Waals surface area contributed by atoms with Crippen molar-refractivity contribution in [2.75, 3.05) is 12.3 Å². The number of rotatable bonds is 6. The summed E-state index contributed by atoms with van der Waals surface area (Å²) in [4.78, 5) is -0.424. The van der Waals surface area contributed by atoms with Crippen molar-refractivity contribution in [2.24, 2.45) is 0 Å². The van der Waals surface area contributed by atoms with Gasteiger partial charge in [-0.25, -0.2) is 17.5 Å². The van der Waals surface area contributed by atoms with Gasteiger partial charge >= 0.3 is 0 Å². The van der Waals surface area contributed by atoms with Crippen LogP contribution in [0.4, 0.5) is 10.1 Å². The van der Waals surface area contributed by atoms with E-state index >= 15 is 0 Å². The summed E-state index contributed by atoms with van der Waals surface area (Å²) < 4.78 is 39.6. The zero-order chi connectivity index (χ0) is 13.8. The number of halogens is 1. The van der Waals surface area contributed by atoms with Gasteiger partial charge in [-0.15, -0.1) is 0 Å². The van der Waals surface area contributed by atoms with E-state index in [9.17, 15) is 12.8 Å². The van der Waals surface area contributed by atoms with Crippen LogP contribution in [0.15, 0.2) is 23.1 Å². The van der Waals surface area contributed by atoms with Crippen molar-refractivity contribution < 1.29 is 17.9 Å². The average Bonchev–Trinajstić information content (AvgIpc) is 2.25. The van der Waals surface area contributed by atoms with Gasteiger partial charge in [-0.2, -0.15) is 0 Å². The molecule has 1 unspecified atom stereocenters. The number of sulfonamides is 1. The fraction of sp³-hybridized carbons (Fsp3) is 0.455. The third-order valence-electron chi connectivity index (χ3n) is 2.40. The number of aliphatic hydroxyl groups is 1. The number of benzene rings is 1. The fourth-order valence-corrected chi connectivity index (χ4v) is 2.86. The van der Waals surface area contributed by atoms with Crippen LogP contribution in [-0.4, -0.2) is 26.2 Å². The van der Waals surface area contributed by atoms with Gasteiger partial charge in [0.1, 0.15) is 10.7 Å². The molecule has 5 nitrogen and oxygen atoms in total. The average molecular weight is 276 g/mol. The minimum atomic E-state index is -3.90. The predicted octanol–water partition coefficient (Wildman–Crippen LogP) is 0.847. The SMILES string of the molecule is CC(CCCO)NS(=O)(=O)c1ccc(N)cc1F. The summed E-state index contributed by atoms with van der Waals surface area (Å²) in [7, 11) is -3.90. The number of hydrogen-bond donors (Lipinski definition) is 3. The first-order valence-electron chi connectivity index (χ1n) is 5.55. The van der Waals surface area contributed by atoms with Gasteiger partial charge in [0, 0.05) is 18.3 Å². The maximum atomic E-state index is 13.5. The van der Waals surface area contributed by atoms with E-state index in [-0.39, 0.29) is 18.3 Å². The fourth-order valence-electron chi connectivity index (χ4n) is 1.52. The number of nitrogen functional groups attached to an aromatic ring is 1. The monoisotopic (exact) mass is 276 g/mol. The molecule has 0 radical (unpaired) electrons. The molecule has 0 aromatic heterocycles. The topological polar surface area (TPSA) is 92.4 Å². The second kappa shape index (κ2) is 6.12. The summed E-state index contributed by atoms with van der Waals surface area (Å²) in [6.07, 6.45) is 0.959. The van der Waals surface area contributed by atoms with Gasteiger partial charge in [-0.3, -0.25) is 0 Å². The summed E-state index contributed by atoms with van der Waals surface area (Å²) in [5.74, 6) is -0.878. The highest BCUT2D eigenvalue weighted by Gasteiger charge is 2.21. The molecular weight excluding hydrogens is 259 g/mol. The predicted molar refractivity (Wildman–Crippen MR) is 66.9 cm³/mol. The van der Waals surface area contributed by atoms with Crippen molar-refractivity contribution >= 4 is 15.7 Å². The summed E-state index contributed by atoms with van der Waals surface area (Å²) in [6.45, 7) is 1.64. The van der Waals surface area contributed by atoms with E-state index in [0.29, 0.717) is 12.8 Å². The van der Waals surface area contributed by atoms with Crippen LogP contribution in [-0.2, 0) is 10.0 Å². The molecule has 0 spiro atoms. The Bertz CT molecular complexity index is 505. The number of aliphatic hydroxyl groups excluding tert-OH is 1. The molecule has 0 fully saturated rings. The van der Waals surface area contributed by atoms with Gasteiger partial charge in [0.05, 0.1) is 0 Å². The van der Waals surface area contributed by atoms with Crippen LogP contribution >= 0.6 is 0 Å². The standard InChI is InChI=1S/C11H17FN2O3S/c1-8(3-2-6-15)14-18(16,17)11-5-4-9(13)7-10(11)12/h4-5,7-8,14-15H,2-3,6,13H2,1H3. The molecule has 1 atom stereocenters. The second-order valence-electron chi connectivity index (χ2n) is 4.08. The zero-order valence-electron chi connectivity index (χ0n) is 10.1. The molecule has 18 heavy (non-hydrogen) atoms. The molecule has 0 aliphatic carbocycles. The summed E-state index contributed by atoms with van der Waals surface area (Å²) >= 11 is 0. The van der Waals surface area contributed by atoms with Crippen LogP contribution in [0.2, 0.25) is 0 Å². The number of nitrogens with two attached hydrogens (primary N) is 1. The summed E-state index contributed by atoms with van der Waals surface area (Å²) in [6, 6.07) is 3.05. The van der Waals surface area contributed by atoms with Gasteiger partial charge in [0.2, 0.25) is 10.0 Å². The lowest BCUT2D eigenvalue weighted by atomic mass is 10.2. The van der Waals surface area contributed by atoms with E-state index in [1.807, 2.05) is 0 Å². The van der Waals surface area contributed by atoms with E-state index < -0.39 is 20.7 Å². The van der Waals surface area contributed by atoms with Crippen molar-refractivity contribution in [1.29, 1.82) is 0 Å². The normalized spacial score (nSPS) is 13.5. The van der Waals surface area contributed by atoms with E-state index in [2.05, 4.69) is 4.72 Å². The lowest BCUT2D eigenvalue weighted by Crippen LogP contribution is -2.33. The van der Waals surface area contributed by atoms with Crippen LogP contribution in [0.5, 0.6) is 0 Å². The van der Waals surface area contributed by atoms with Crippen LogP contribution in [0.1, 0.15) is 19.8 Å². The quantitative estimate of drug-likeness (QED) is 0.671. The van der Waals surface area contributed by atoms with Crippen molar-refractivity contribution in [1.82, 2.24) is 4.72 Å². The lowest BCUT2D eigenvalue weighted by Gasteiger charge is -2.14. The Kier molecular flexibility index (Phi) is 5.06. The second-order valence-corrected chi connectivity index (χ2v) is 5.76. The van der Waals surface area contributed by atoms with E-state index in [1.54, 1.807) is 6.92 Å². The molecule has 0 saturated heterocycles. The number of hydrogen-bond acceptors (Lipinski definition) is 4. The Morgan fingerprint density at radius 2 is 2.17 bits per heavy atom. The van der Waals surface area contributed by atoms with Crippen LogP contribution < -0.4 is 10.5 Å². The summed E-state index contributed by atoms with van der Waals surface area (Å²) in [5.41, 5.74) is 5.52. The maximum absolute atomic E-state index is 13.5. The molecule has 0 bridgehead atoms. The van der Waals surface area contributed by atoms with Crippen molar-refractivity contribution in [3.8, 4) is 0 Å². The Hall–Kier alpha value is -1.18. The summed E-state index contributed by atoms with van der Waals surface area (Å²) in [5, 5.41) is 8.65. The molecule has 0 heterocycles. The minimum absolute atomic E-state index is 0.0116. The highest BCUT2D eigenvalue weighted by molar-refractivity contribution is 7.89. The van der Waals surface area contributed by atoms with E-state index in [0.717, 1.165) is 12.1 Å². The Morgan fingerprint density at radius 1 is 1.50 bits per heavy atom. The molecule has 1 rings (SSSR count). The van der Waals surface area contributed by atoms with Crippen LogP contribution in [0.3, 0.4) is 0 Å². The third-order valence-corrected chi connectivity index (χ3v) is 4.02. The van der Waals surface area contributed by atoms with Crippen LogP contribution in [0, 0.1) is 5.82 Å². The van der Waals surface area contributed by atoms with Gasteiger partial charge < -0.3 is 10.8 Å². The number of anilines is 1. The maximum Gasteiger partial charge on any atom is 0.243 e. The Labute approximate surface area is 106 Å². The van der Waals surface area contributed by atoms with Crippen molar-refractivity contribution in [2.45, 2.75) is 30.7 Å². The highest BCUT2D eigenvalue weighted by Crippen LogP contribution is 2.17. The first-order chi connectivity index (χ1) is 8.36. The van der Waals surface area contributed by atoms with Gasteiger partial charge in [0.25, 0.3) is 0 Å². The molecule has 1 aromatic rings. The third kappa shape index (κ3) is 3.94. The molecule has 0 aliphatic heterocycles. The molecule has 0 aliphatic rings. The first kappa shape index (κ1) is 14.9. The molecule has 102 valence electrons. The van der Waals surface area contributed by atoms with E-state index in [4.69, 9.17) is 10.8 Å². The highest BCUT2D eigenvalue weighted by atomic mass is 32.2. The molecular formula is C11H17FN2O3S. The minimum Gasteiger partial charge on any atom is -0.399 e. The van der Waals surface area contributed by atoms with Crippen molar-refractivity contribution in [3.63, 3.8) is 0 Å². The van der Waals surface area contributed by atoms with Gasteiger partial charge in [-0.1, -0.05) is 0 Å². The van der Waals surface area contributed by atoms with Crippen molar-refractivity contribution in [3.05, 3.63) is 24.0 Å². The molecule has 0 amide bonds. The van der Waals surface area contributed by atoms with E-state index in [1.165, 1.54) is 6.07 Å². The number of nitrogens with one attached hydrogen (secondary N) is 1. The molecule has 7 heteroatoms. The molecule has 4 N–H and O–H groups in total. The smallest absolute Gasteiger partial charge is 0.243 e. The van der Waals surface area contributed by atoms with Gasteiger partial charge in [-0.05, 0) is 38.0 Å². The molecule has 1 aromatic carbocycles.